The number of nitrogens with one attached hydrogen (secondary N) is 2. The van der Waals surface area contributed by atoms with Gasteiger partial charge in [0.2, 0.25) is 0 Å². The molecule has 1 aromatic heterocycles. The highest BCUT2D eigenvalue weighted by atomic mass is 16.5. The third-order valence-corrected chi connectivity index (χ3v) is 2.75. The highest BCUT2D eigenvalue weighted by Gasteiger charge is 2.18. The summed E-state index contributed by atoms with van der Waals surface area (Å²) < 4.78 is 5.66. The molecule has 0 saturated heterocycles. The lowest BCUT2D eigenvalue weighted by Crippen LogP contribution is -2.33. The molecule has 0 radical (unpaired) electrons. The van der Waals surface area contributed by atoms with Gasteiger partial charge in [-0.2, -0.15) is 0 Å². The summed E-state index contributed by atoms with van der Waals surface area (Å²) in [5.74, 6) is 1.76. The Morgan fingerprint density at radius 2 is 1.89 bits per heavy atom. The molecule has 1 heterocycles. The Bertz CT molecular complexity index is 379. The fourth-order valence-electron chi connectivity index (χ4n) is 1.85. The van der Waals surface area contributed by atoms with Crippen molar-refractivity contribution in [3.63, 3.8) is 0 Å². The van der Waals surface area contributed by atoms with Crippen LogP contribution >= 0.6 is 0 Å². The van der Waals surface area contributed by atoms with Crippen molar-refractivity contribution in [3.05, 3.63) is 11.9 Å². The molecular weight excluding hydrogens is 228 g/mol. The summed E-state index contributed by atoms with van der Waals surface area (Å²) in [6, 6.07) is 0. The van der Waals surface area contributed by atoms with Crippen molar-refractivity contribution in [2.75, 3.05) is 30.8 Å². The lowest BCUT2D eigenvalue weighted by molar-refractivity contribution is 0.000632. The van der Waals surface area contributed by atoms with E-state index < -0.39 is 0 Å². The van der Waals surface area contributed by atoms with Crippen LogP contribution in [-0.4, -0.2) is 35.8 Å². The molecule has 0 atom stereocenters. The van der Waals surface area contributed by atoms with Gasteiger partial charge in [0.25, 0.3) is 0 Å². The molecule has 1 rings (SSSR count). The van der Waals surface area contributed by atoms with Crippen molar-refractivity contribution < 1.29 is 4.74 Å². The van der Waals surface area contributed by atoms with Crippen molar-refractivity contribution in [2.24, 2.45) is 0 Å². The summed E-state index contributed by atoms with van der Waals surface area (Å²) in [5, 5.41) is 6.43. The van der Waals surface area contributed by atoms with Gasteiger partial charge in [-0.25, -0.2) is 9.97 Å². The van der Waals surface area contributed by atoms with E-state index >= 15 is 0 Å². The fourth-order valence-corrected chi connectivity index (χ4v) is 1.85. The summed E-state index contributed by atoms with van der Waals surface area (Å²) in [4.78, 5) is 8.52. The summed E-state index contributed by atoms with van der Waals surface area (Å²) in [5.41, 5.74) is 0.900. The Hall–Kier alpha value is -1.36. The van der Waals surface area contributed by atoms with Gasteiger partial charge >= 0.3 is 0 Å². The van der Waals surface area contributed by atoms with Gasteiger partial charge in [0.05, 0.1) is 5.60 Å². The molecule has 5 heteroatoms. The Labute approximate surface area is 109 Å². The lowest BCUT2D eigenvalue weighted by atomic mass is 10.1. The third-order valence-electron chi connectivity index (χ3n) is 2.75. The molecule has 0 amide bonds. The highest BCUT2D eigenvalue weighted by Crippen LogP contribution is 2.21. The molecule has 102 valence electrons. The SMILES string of the molecule is CCOC(C)(C)CNc1ncnc(NC)c1CC. The Balaban J connectivity index is 2.78. The molecular formula is C13H24N4O. The number of aromatic nitrogens is 2. The minimum atomic E-state index is -0.204. The summed E-state index contributed by atoms with van der Waals surface area (Å²) >= 11 is 0. The van der Waals surface area contributed by atoms with Crippen LogP contribution in [0.2, 0.25) is 0 Å². The van der Waals surface area contributed by atoms with Crippen LogP contribution in [0, 0.1) is 0 Å². The maximum Gasteiger partial charge on any atom is 0.134 e. The van der Waals surface area contributed by atoms with Crippen molar-refractivity contribution in [1.82, 2.24) is 9.97 Å². The molecule has 5 nitrogen and oxygen atoms in total. The first-order chi connectivity index (χ1) is 8.54. The van der Waals surface area contributed by atoms with Crippen molar-refractivity contribution in [1.29, 1.82) is 0 Å². The Kier molecular flexibility index (Phi) is 5.34. The largest absolute Gasteiger partial charge is 0.374 e. The molecule has 0 fully saturated rings. The zero-order valence-corrected chi connectivity index (χ0v) is 12.0. The van der Waals surface area contributed by atoms with E-state index in [1.807, 2.05) is 14.0 Å². The molecule has 0 aliphatic rings. The van der Waals surface area contributed by atoms with Crippen LogP contribution in [0.25, 0.3) is 0 Å². The van der Waals surface area contributed by atoms with E-state index in [2.05, 4.69) is 41.4 Å². The number of hydrogen-bond acceptors (Lipinski definition) is 5. The molecule has 0 bridgehead atoms. The molecule has 18 heavy (non-hydrogen) atoms. The second-order valence-corrected chi connectivity index (χ2v) is 4.70. The van der Waals surface area contributed by atoms with E-state index in [-0.39, 0.29) is 5.60 Å². The minimum Gasteiger partial charge on any atom is -0.374 e. The van der Waals surface area contributed by atoms with Gasteiger partial charge in [0.15, 0.2) is 0 Å². The minimum absolute atomic E-state index is 0.204. The monoisotopic (exact) mass is 252 g/mol. The van der Waals surface area contributed by atoms with Crippen LogP contribution in [0.1, 0.15) is 33.3 Å². The maximum absolute atomic E-state index is 5.66. The van der Waals surface area contributed by atoms with Crippen LogP contribution < -0.4 is 10.6 Å². The maximum atomic E-state index is 5.66. The first-order valence-corrected chi connectivity index (χ1v) is 6.43. The number of ether oxygens (including phenoxy) is 1. The molecule has 0 saturated carbocycles. The first kappa shape index (κ1) is 14.7. The average Bonchev–Trinajstić information content (AvgIpc) is 2.35. The van der Waals surface area contributed by atoms with Crippen LogP contribution in [0.3, 0.4) is 0 Å². The van der Waals surface area contributed by atoms with E-state index in [1.165, 1.54) is 0 Å². The third kappa shape index (κ3) is 3.84. The van der Waals surface area contributed by atoms with E-state index in [0.29, 0.717) is 13.2 Å². The standard InChI is InChI=1S/C13H24N4O/c1-6-10-11(14-5)16-9-17-12(10)15-8-13(3,4)18-7-2/h9H,6-8H2,1-5H3,(H2,14,15,16,17). The van der Waals surface area contributed by atoms with E-state index in [0.717, 1.165) is 23.6 Å². The lowest BCUT2D eigenvalue weighted by Gasteiger charge is -2.25. The summed E-state index contributed by atoms with van der Waals surface area (Å²) in [6.45, 7) is 9.65. The Morgan fingerprint density at radius 1 is 1.22 bits per heavy atom. The second kappa shape index (κ2) is 6.54. The molecule has 0 unspecified atom stereocenters. The van der Waals surface area contributed by atoms with Crippen molar-refractivity contribution >= 4 is 11.6 Å². The van der Waals surface area contributed by atoms with Crippen molar-refractivity contribution in [2.45, 2.75) is 39.7 Å². The summed E-state index contributed by atoms with van der Waals surface area (Å²) in [7, 11) is 1.87. The number of rotatable bonds is 7. The molecule has 0 aromatic carbocycles. The molecule has 0 spiro atoms. The molecule has 1 aromatic rings. The van der Waals surface area contributed by atoms with E-state index in [1.54, 1.807) is 6.33 Å². The van der Waals surface area contributed by atoms with Crippen LogP contribution in [0.4, 0.5) is 11.6 Å². The van der Waals surface area contributed by atoms with Crippen LogP contribution in [0.15, 0.2) is 6.33 Å². The van der Waals surface area contributed by atoms with Gasteiger partial charge in [-0.05, 0) is 27.2 Å². The Morgan fingerprint density at radius 3 is 2.44 bits per heavy atom. The zero-order valence-electron chi connectivity index (χ0n) is 12.0. The van der Waals surface area contributed by atoms with Gasteiger partial charge in [0, 0.05) is 25.8 Å². The molecule has 0 aliphatic carbocycles. The smallest absolute Gasteiger partial charge is 0.134 e. The van der Waals surface area contributed by atoms with E-state index in [9.17, 15) is 0 Å². The summed E-state index contributed by atoms with van der Waals surface area (Å²) in [6.07, 6.45) is 2.45. The van der Waals surface area contributed by atoms with E-state index in [4.69, 9.17) is 4.74 Å². The van der Waals surface area contributed by atoms with Crippen LogP contribution in [-0.2, 0) is 11.2 Å². The first-order valence-electron chi connectivity index (χ1n) is 6.43. The zero-order chi connectivity index (χ0) is 13.6. The quantitative estimate of drug-likeness (QED) is 0.780. The van der Waals surface area contributed by atoms with Gasteiger partial charge in [0.1, 0.15) is 18.0 Å². The predicted octanol–water partition coefficient (Wildman–Crippen LogP) is 2.31. The topological polar surface area (TPSA) is 59.1 Å². The number of hydrogen-bond donors (Lipinski definition) is 2. The molecule has 0 aliphatic heterocycles. The van der Waals surface area contributed by atoms with Crippen LogP contribution in [0.5, 0.6) is 0 Å². The normalized spacial score (nSPS) is 11.4. The fraction of sp³-hybridized carbons (Fsp3) is 0.692. The van der Waals surface area contributed by atoms with Gasteiger partial charge in [-0.3, -0.25) is 0 Å². The predicted molar refractivity (Wildman–Crippen MR) is 75.2 cm³/mol. The average molecular weight is 252 g/mol. The van der Waals surface area contributed by atoms with Gasteiger partial charge in [-0.1, -0.05) is 6.92 Å². The number of anilines is 2. The van der Waals surface area contributed by atoms with Gasteiger partial charge in [-0.15, -0.1) is 0 Å². The molecule has 2 N–H and O–H groups in total. The highest BCUT2D eigenvalue weighted by molar-refractivity contribution is 5.57. The second-order valence-electron chi connectivity index (χ2n) is 4.70. The number of nitrogens with zero attached hydrogens (tertiary/aromatic N) is 2. The van der Waals surface area contributed by atoms with Crippen molar-refractivity contribution in [3.8, 4) is 0 Å². The van der Waals surface area contributed by atoms with Gasteiger partial charge < -0.3 is 15.4 Å².